The molecule has 0 amide bonds. The van der Waals surface area contributed by atoms with Crippen LogP contribution >= 0.6 is 22.6 Å². The monoisotopic (exact) mass is 449 g/mol. The first-order valence-electron chi connectivity index (χ1n) is 9.00. The van der Waals surface area contributed by atoms with Gasteiger partial charge in [0.1, 0.15) is 0 Å². The molecule has 1 nitrogen and oxygen atoms in total. The normalized spacial score (nSPS) is 12.4. The fourth-order valence-corrected chi connectivity index (χ4v) is 4.02. The average Bonchev–Trinajstić information content (AvgIpc) is 2.41. The van der Waals surface area contributed by atoms with Gasteiger partial charge in [-0.3, -0.25) is 0 Å². The summed E-state index contributed by atoms with van der Waals surface area (Å²) in [6, 6.07) is 9.23. The topological polar surface area (TPSA) is 12.0 Å². The first kappa shape index (κ1) is 20.3. The Bertz CT molecular complexity index is 766. The summed E-state index contributed by atoms with van der Waals surface area (Å²) in [7, 11) is 0. The predicted octanol–water partition coefficient (Wildman–Crippen LogP) is 7.56. The molecule has 0 aromatic heterocycles. The molecule has 0 saturated carbocycles. The van der Waals surface area contributed by atoms with Crippen LogP contribution in [0.1, 0.15) is 69.4 Å². The highest BCUT2D eigenvalue weighted by molar-refractivity contribution is 14.1. The summed E-state index contributed by atoms with van der Waals surface area (Å²) >= 11 is 2.49. The molecule has 0 spiro atoms. The van der Waals surface area contributed by atoms with E-state index in [9.17, 15) is 0 Å². The van der Waals surface area contributed by atoms with E-state index in [4.69, 9.17) is 0 Å². The highest BCUT2D eigenvalue weighted by atomic mass is 127. The Balaban J connectivity index is 2.66. The number of hydrogen-bond donors (Lipinski definition) is 1. The number of benzene rings is 2. The van der Waals surface area contributed by atoms with Gasteiger partial charge in [0.25, 0.3) is 0 Å². The molecule has 0 heterocycles. The van der Waals surface area contributed by atoms with Gasteiger partial charge in [-0.05, 0) is 82.5 Å². The molecule has 0 radical (unpaired) electrons. The number of halogens is 1. The summed E-state index contributed by atoms with van der Waals surface area (Å²) in [6.07, 6.45) is 0. The van der Waals surface area contributed by atoms with Crippen LogP contribution in [0.2, 0.25) is 0 Å². The van der Waals surface area contributed by atoms with Gasteiger partial charge in [0.05, 0.1) is 5.69 Å². The Morgan fingerprint density at radius 2 is 1.24 bits per heavy atom. The predicted molar refractivity (Wildman–Crippen MR) is 120 cm³/mol. The van der Waals surface area contributed by atoms with Gasteiger partial charge in [-0.1, -0.05) is 65.3 Å². The number of anilines is 2. The molecule has 2 aromatic carbocycles. The molecule has 0 aliphatic rings. The van der Waals surface area contributed by atoms with E-state index in [0.717, 1.165) is 0 Å². The first-order valence-corrected chi connectivity index (χ1v) is 10.1. The van der Waals surface area contributed by atoms with E-state index < -0.39 is 0 Å². The molecule has 2 heteroatoms. The van der Waals surface area contributed by atoms with Crippen LogP contribution in [0.5, 0.6) is 0 Å². The molecule has 0 fully saturated rings. The second kappa shape index (κ2) is 6.94. The van der Waals surface area contributed by atoms with Gasteiger partial charge < -0.3 is 5.32 Å². The van der Waals surface area contributed by atoms with Crippen LogP contribution in [0, 0.1) is 24.3 Å². The zero-order valence-corrected chi connectivity index (χ0v) is 19.3. The minimum atomic E-state index is 0.0794. The Morgan fingerprint density at radius 3 is 1.68 bits per heavy atom. The molecule has 136 valence electrons. The summed E-state index contributed by atoms with van der Waals surface area (Å²) in [4.78, 5) is 0. The standard InChI is InChI=1S/C23H32IN/c1-14-10-15(2)20(16(3)11-14)25-21-18(23(7,8)9)12-17(13-19(21)24)22(4,5)6/h10-13,25H,1-9H3. The highest BCUT2D eigenvalue weighted by Crippen LogP contribution is 2.39. The second-order valence-corrected chi connectivity index (χ2v) is 10.4. The zero-order valence-electron chi connectivity index (χ0n) is 17.2. The van der Waals surface area contributed by atoms with Gasteiger partial charge >= 0.3 is 0 Å². The zero-order chi connectivity index (χ0) is 19.2. The molecule has 25 heavy (non-hydrogen) atoms. The van der Waals surface area contributed by atoms with Crippen molar-refractivity contribution in [2.45, 2.75) is 73.1 Å². The molecule has 2 rings (SSSR count). The Labute approximate surface area is 167 Å². The largest absolute Gasteiger partial charge is 0.354 e. The third kappa shape index (κ3) is 4.58. The summed E-state index contributed by atoms with van der Waals surface area (Å²) in [6.45, 7) is 20.3. The van der Waals surface area contributed by atoms with Crippen LogP contribution in [0.3, 0.4) is 0 Å². The van der Waals surface area contributed by atoms with Crippen molar-refractivity contribution in [3.8, 4) is 0 Å². The Hall–Kier alpha value is -1.03. The first-order chi connectivity index (χ1) is 11.3. The van der Waals surface area contributed by atoms with Gasteiger partial charge in [-0.15, -0.1) is 0 Å². The van der Waals surface area contributed by atoms with Crippen molar-refractivity contribution in [2.75, 3.05) is 5.32 Å². The third-order valence-electron chi connectivity index (χ3n) is 4.69. The number of rotatable bonds is 2. The van der Waals surface area contributed by atoms with Gasteiger partial charge in [-0.25, -0.2) is 0 Å². The maximum Gasteiger partial charge on any atom is 0.0558 e. The number of hydrogen-bond acceptors (Lipinski definition) is 1. The lowest BCUT2D eigenvalue weighted by molar-refractivity contribution is 0.569. The summed E-state index contributed by atoms with van der Waals surface area (Å²) in [5.74, 6) is 0. The molecule has 0 saturated heterocycles. The van der Waals surface area contributed by atoms with Crippen molar-refractivity contribution in [3.63, 3.8) is 0 Å². The van der Waals surface area contributed by atoms with Crippen molar-refractivity contribution in [1.29, 1.82) is 0 Å². The van der Waals surface area contributed by atoms with Gasteiger partial charge in [0, 0.05) is 9.26 Å². The third-order valence-corrected chi connectivity index (χ3v) is 5.54. The fourth-order valence-electron chi connectivity index (χ4n) is 3.26. The van der Waals surface area contributed by atoms with E-state index in [2.05, 4.69) is 114 Å². The molecule has 0 unspecified atom stereocenters. The van der Waals surface area contributed by atoms with Crippen LogP contribution in [-0.4, -0.2) is 0 Å². The fraction of sp³-hybridized carbons (Fsp3) is 0.478. The molecule has 0 aliphatic carbocycles. The SMILES string of the molecule is Cc1cc(C)c(Nc2c(I)cc(C(C)(C)C)cc2C(C)(C)C)c(C)c1. The van der Waals surface area contributed by atoms with Gasteiger partial charge in [0.2, 0.25) is 0 Å². The minimum absolute atomic E-state index is 0.0794. The second-order valence-electron chi connectivity index (χ2n) is 9.28. The number of nitrogens with one attached hydrogen (secondary N) is 1. The quantitative estimate of drug-likeness (QED) is 0.467. The van der Waals surface area contributed by atoms with Crippen LogP contribution in [0.4, 0.5) is 11.4 Å². The maximum atomic E-state index is 3.78. The lowest BCUT2D eigenvalue weighted by Gasteiger charge is -2.29. The lowest BCUT2D eigenvalue weighted by atomic mass is 9.80. The average molecular weight is 449 g/mol. The summed E-state index contributed by atoms with van der Waals surface area (Å²) in [5, 5.41) is 3.78. The molecule has 0 aliphatic heterocycles. The van der Waals surface area contributed by atoms with E-state index in [1.807, 2.05) is 0 Å². The molecular weight excluding hydrogens is 417 g/mol. The van der Waals surface area contributed by atoms with E-state index in [1.165, 1.54) is 42.8 Å². The minimum Gasteiger partial charge on any atom is -0.354 e. The van der Waals surface area contributed by atoms with E-state index in [-0.39, 0.29) is 10.8 Å². The smallest absolute Gasteiger partial charge is 0.0558 e. The van der Waals surface area contributed by atoms with Gasteiger partial charge in [-0.2, -0.15) is 0 Å². The van der Waals surface area contributed by atoms with Crippen LogP contribution in [-0.2, 0) is 10.8 Å². The Kier molecular flexibility index (Phi) is 5.63. The highest BCUT2D eigenvalue weighted by Gasteiger charge is 2.25. The molecule has 0 bridgehead atoms. The van der Waals surface area contributed by atoms with Crippen LogP contribution in [0.25, 0.3) is 0 Å². The van der Waals surface area contributed by atoms with Crippen molar-refractivity contribution >= 4 is 34.0 Å². The summed E-state index contributed by atoms with van der Waals surface area (Å²) < 4.78 is 1.29. The van der Waals surface area contributed by atoms with Crippen LogP contribution < -0.4 is 5.32 Å². The number of aryl methyl sites for hydroxylation is 3. The van der Waals surface area contributed by atoms with E-state index in [1.54, 1.807) is 0 Å². The van der Waals surface area contributed by atoms with E-state index >= 15 is 0 Å². The molecule has 2 aromatic rings. The molecule has 0 atom stereocenters. The van der Waals surface area contributed by atoms with Crippen molar-refractivity contribution in [2.24, 2.45) is 0 Å². The van der Waals surface area contributed by atoms with Crippen molar-refractivity contribution in [1.82, 2.24) is 0 Å². The van der Waals surface area contributed by atoms with E-state index in [0.29, 0.717) is 0 Å². The Morgan fingerprint density at radius 1 is 0.720 bits per heavy atom. The van der Waals surface area contributed by atoms with Crippen LogP contribution in [0.15, 0.2) is 24.3 Å². The van der Waals surface area contributed by atoms with Crippen molar-refractivity contribution < 1.29 is 0 Å². The summed E-state index contributed by atoms with van der Waals surface area (Å²) in [5.41, 5.74) is 9.39. The molecule has 1 N–H and O–H groups in total. The maximum absolute atomic E-state index is 3.78. The van der Waals surface area contributed by atoms with Crippen molar-refractivity contribution in [3.05, 3.63) is 55.7 Å². The lowest BCUT2D eigenvalue weighted by Crippen LogP contribution is -2.19. The molecular formula is C23H32IN. The van der Waals surface area contributed by atoms with Gasteiger partial charge in [0.15, 0.2) is 0 Å².